The molecule has 0 saturated carbocycles. The minimum atomic E-state index is -0.963. The third kappa shape index (κ3) is 3.44. The largest absolute Gasteiger partial charge is 0.481 e. The lowest BCUT2D eigenvalue weighted by Crippen LogP contribution is -2.15. The van der Waals surface area contributed by atoms with Crippen molar-refractivity contribution in [3.63, 3.8) is 0 Å². The molecule has 0 aliphatic heterocycles. The topological polar surface area (TPSA) is 57.5 Å². The van der Waals surface area contributed by atoms with Crippen molar-refractivity contribution in [2.45, 2.75) is 38.2 Å². The van der Waals surface area contributed by atoms with Crippen LogP contribution < -0.4 is 0 Å². The highest BCUT2D eigenvalue weighted by atomic mass is 16.4. The van der Waals surface area contributed by atoms with Crippen LogP contribution in [0.4, 0.5) is 0 Å². The van der Waals surface area contributed by atoms with Crippen LogP contribution in [0, 0.1) is 0 Å². The van der Waals surface area contributed by atoms with E-state index in [4.69, 9.17) is 5.11 Å². The van der Waals surface area contributed by atoms with Gasteiger partial charge in [0.05, 0.1) is 12.5 Å². The fourth-order valence-electron chi connectivity index (χ4n) is 2.33. The second-order valence-electron chi connectivity index (χ2n) is 4.77. The van der Waals surface area contributed by atoms with Crippen LogP contribution in [0.2, 0.25) is 0 Å². The molecule has 1 atom stereocenters. The number of rotatable bonds is 5. The van der Waals surface area contributed by atoms with Gasteiger partial charge in [-0.15, -0.1) is 0 Å². The van der Waals surface area contributed by atoms with E-state index < -0.39 is 12.1 Å². The van der Waals surface area contributed by atoms with Gasteiger partial charge in [-0.3, -0.25) is 4.79 Å². The molecule has 96 valence electrons. The van der Waals surface area contributed by atoms with Gasteiger partial charge in [0.2, 0.25) is 0 Å². The van der Waals surface area contributed by atoms with Crippen LogP contribution in [0.25, 0.3) is 5.57 Å². The third-order valence-corrected chi connectivity index (χ3v) is 3.25. The number of aliphatic hydroxyl groups is 1. The van der Waals surface area contributed by atoms with Crippen molar-refractivity contribution >= 4 is 11.5 Å². The second-order valence-corrected chi connectivity index (χ2v) is 4.77. The van der Waals surface area contributed by atoms with Gasteiger partial charge in [-0.05, 0) is 42.4 Å². The lowest BCUT2D eigenvalue weighted by Gasteiger charge is -2.09. The first-order valence-electron chi connectivity index (χ1n) is 6.33. The Balaban J connectivity index is 1.97. The molecule has 0 amide bonds. The summed E-state index contributed by atoms with van der Waals surface area (Å²) < 4.78 is 0. The first-order chi connectivity index (χ1) is 8.65. The van der Waals surface area contributed by atoms with Gasteiger partial charge in [-0.2, -0.15) is 0 Å². The number of carbonyl (C=O) groups is 1. The molecule has 1 aliphatic rings. The third-order valence-electron chi connectivity index (χ3n) is 3.25. The van der Waals surface area contributed by atoms with Crippen molar-refractivity contribution in [3.05, 3.63) is 41.5 Å². The highest BCUT2D eigenvalue weighted by Gasteiger charge is 2.11. The molecule has 1 aromatic rings. The average Bonchev–Trinajstić information content (AvgIpc) is 2.82. The van der Waals surface area contributed by atoms with Crippen molar-refractivity contribution in [3.8, 4) is 0 Å². The highest BCUT2D eigenvalue weighted by molar-refractivity contribution is 5.68. The molecule has 1 aromatic carbocycles. The van der Waals surface area contributed by atoms with E-state index in [-0.39, 0.29) is 6.42 Å². The molecule has 0 fully saturated rings. The number of carboxylic acid groups (broad SMARTS) is 1. The van der Waals surface area contributed by atoms with E-state index in [1.807, 2.05) is 12.1 Å². The highest BCUT2D eigenvalue weighted by Crippen LogP contribution is 2.27. The summed E-state index contributed by atoms with van der Waals surface area (Å²) in [6, 6.07) is 8.05. The summed E-state index contributed by atoms with van der Waals surface area (Å²) in [6.45, 7) is 0. The summed E-state index contributed by atoms with van der Waals surface area (Å²) >= 11 is 0. The van der Waals surface area contributed by atoms with Gasteiger partial charge in [-0.1, -0.05) is 30.3 Å². The Kier molecular flexibility index (Phi) is 4.15. The maximum Gasteiger partial charge on any atom is 0.305 e. The average molecular weight is 246 g/mol. The number of carboxylic acids is 1. The van der Waals surface area contributed by atoms with Gasteiger partial charge >= 0.3 is 5.97 Å². The summed E-state index contributed by atoms with van der Waals surface area (Å²) in [5.74, 6) is -0.963. The summed E-state index contributed by atoms with van der Waals surface area (Å²) in [4.78, 5) is 10.5. The maximum atomic E-state index is 10.5. The van der Waals surface area contributed by atoms with Gasteiger partial charge in [0, 0.05) is 0 Å². The normalized spacial score (nSPS) is 16.4. The second kappa shape index (κ2) is 5.83. The standard InChI is InChI=1S/C15H18O3/c16-14(10-15(17)18)9-11-5-7-13(8-6-11)12-3-1-2-4-12/h3,5-8,14,16H,1-2,4,9-10H2,(H,17,18)/t14-/m1/s1. The molecule has 0 spiro atoms. The molecule has 2 N–H and O–H groups in total. The number of aliphatic hydroxyl groups excluding tert-OH is 1. The number of aliphatic carboxylic acids is 1. The Morgan fingerprint density at radius 2 is 2.00 bits per heavy atom. The van der Waals surface area contributed by atoms with E-state index in [1.165, 1.54) is 17.6 Å². The lowest BCUT2D eigenvalue weighted by molar-refractivity contribution is -0.139. The van der Waals surface area contributed by atoms with Gasteiger partial charge in [0.1, 0.15) is 0 Å². The van der Waals surface area contributed by atoms with E-state index in [9.17, 15) is 9.90 Å². The molecule has 2 rings (SSSR count). The number of benzene rings is 1. The van der Waals surface area contributed by atoms with Crippen molar-refractivity contribution in [2.75, 3.05) is 0 Å². The van der Waals surface area contributed by atoms with Crippen molar-refractivity contribution in [1.82, 2.24) is 0 Å². The molecular weight excluding hydrogens is 228 g/mol. The maximum absolute atomic E-state index is 10.5. The summed E-state index contributed by atoms with van der Waals surface area (Å²) in [6.07, 6.45) is 5.19. The van der Waals surface area contributed by atoms with E-state index in [2.05, 4.69) is 18.2 Å². The summed E-state index contributed by atoms with van der Waals surface area (Å²) in [5.41, 5.74) is 3.61. The molecule has 0 unspecified atom stereocenters. The van der Waals surface area contributed by atoms with Crippen LogP contribution in [0.5, 0.6) is 0 Å². The van der Waals surface area contributed by atoms with E-state index >= 15 is 0 Å². The summed E-state index contributed by atoms with van der Waals surface area (Å²) in [5, 5.41) is 18.1. The van der Waals surface area contributed by atoms with Gasteiger partial charge in [0.25, 0.3) is 0 Å². The van der Waals surface area contributed by atoms with Crippen LogP contribution in [0.3, 0.4) is 0 Å². The first kappa shape index (κ1) is 12.8. The molecule has 0 heterocycles. The Morgan fingerprint density at radius 3 is 2.56 bits per heavy atom. The van der Waals surface area contributed by atoms with Crippen molar-refractivity contribution in [1.29, 1.82) is 0 Å². The fraction of sp³-hybridized carbons (Fsp3) is 0.400. The number of hydrogen-bond acceptors (Lipinski definition) is 2. The van der Waals surface area contributed by atoms with E-state index in [0.29, 0.717) is 6.42 Å². The van der Waals surface area contributed by atoms with Gasteiger partial charge in [0.15, 0.2) is 0 Å². The molecule has 1 aliphatic carbocycles. The molecule has 0 bridgehead atoms. The molecule has 3 heteroatoms. The fourth-order valence-corrected chi connectivity index (χ4v) is 2.33. The SMILES string of the molecule is O=C(O)C[C@H](O)Cc1ccc(C2=CCCC2)cc1. The molecule has 0 aromatic heterocycles. The number of hydrogen-bond donors (Lipinski definition) is 2. The Labute approximate surface area is 107 Å². The smallest absolute Gasteiger partial charge is 0.305 e. The molecule has 0 radical (unpaired) electrons. The molecule has 18 heavy (non-hydrogen) atoms. The Morgan fingerprint density at radius 1 is 1.28 bits per heavy atom. The summed E-state index contributed by atoms with van der Waals surface area (Å²) in [7, 11) is 0. The van der Waals surface area contributed by atoms with Gasteiger partial charge < -0.3 is 10.2 Å². The van der Waals surface area contributed by atoms with Crippen molar-refractivity contribution < 1.29 is 15.0 Å². The quantitative estimate of drug-likeness (QED) is 0.839. The minimum Gasteiger partial charge on any atom is -0.481 e. The van der Waals surface area contributed by atoms with Crippen molar-refractivity contribution in [2.24, 2.45) is 0 Å². The van der Waals surface area contributed by atoms with E-state index in [1.54, 1.807) is 0 Å². The van der Waals surface area contributed by atoms with Crippen LogP contribution in [0.1, 0.15) is 36.8 Å². The molecule has 3 nitrogen and oxygen atoms in total. The van der Waals surface area contributed by atoms with Gasteiger partial charge in [-0.25, -0.2) is 0 Å². The van der Waals surface area contributed by atoms with Crippen LogP contribution in [0.15, 0.2) is 30.3 Å². The predicted octanol–water partition coefficient (Wildman–Crippen LogP) is 2.63. The Hall–Kier alpha value is -1.61. The first-order valence-corrected chi connectivity index (χ1v) is 6.33. The minimum absolute atomic E-state index is 0.201. The molecular formula is C15H18O3. The predicted molar refractivity (Wildman–Crippen MR) is 70.2 cm³/mol. The Bertz CT molecular complexity index is 445. The zero-order chi connectivity index (χ0) is 13.0. The van der Waals surface area contributed by atoms with Crippen LogP contribution >= 0.6 is 0 Å². The zero-order valence-electron chi connectivity index (χ0n) is 10.3. The van der Waals surface area contributed by atoms with Crippen LogP contribution in [-0.2, 0) is 11.2 Å². The number of allylic oxidation sites excluding steroid dienone is 2. The monoisotopic (exact) mass is 246 g/mol. The van der Waals surface area contributed by atoms with E-state index in [0.717, 1.165) is 18.4 Å². The lowest BCUT2D eigenvalue weighted by atomic mass is 10.0. The molecule has 0 saturated heterocycles. The van der Waals surface area contributed by atoms with Crippen LogP contribution in [-0.4, -0.2) is 22.3 Å². The zero-order valence-corrected chi connectivity index (χ0v) is 10.3.